The Morgan fingerprint density at radius 3 is 2.23 bits per heavy atom. The van der Waals surface area contributed by atoms with E-state index in [0.717, 1.165) is 15.4 Å². The van der Waals surface area contributed by atoms with E-state index in [4.69, 9.17) is 0 Å². The van der Waals surface area contributed by atoms with Gasteiger partial charge in [0.15, 0.2) is 11.5 Å². The van der Waals surface area contributed by atoms with Crippen molar-refractivity contribution in [2.75, 3.05) is 12.5 Å². The van der Waals surface area contributed by atoms with Crippen LogP contribution in [-0.2, 0) is 0 Å². The van der Waals surface area contributed by atoms with Gasteiger partial charge in [-0.15, -0.1) is 23.5 Å². The average Bonchev–Trinajstić information content (AvgIpc) is 2.12. The zero-order valence-electron chi connectivity index (χ0n) is 7.79. The molecule has 1 aromatic rings. The Bertz CT molecular complexity index is 324. The quantitative estimate of drug-likeness (QED) is 0.589. The van der Waals surface area contributed by atoms with E-state index in [1.54, 1.807) is 17.8 Å². The molecule has 0 fully saturated rings. The van der Waals surface area contributed by atoms with E-state index in [1.807, 2.05) is 19.4 Å². The lowest BCUT2D eigenvalue weighted by Gasteiger charge is -2.10. The van der Waals surface area contributed by atoms with Gasteiger partial charge in [0.1, 0.15) is 0 Å². The number of phenols is 2. The number of phenolic OH excluding ortho intramolecular Hbond substituents is 2. The Hall–Kier alpha value is -0.480. The number of thioether (sulfide) groups is 2. The lowest BCUT2D eigenvalue weighted by atomic mass is 10.2. The number of benzene rings is 1. The van der Waals surface area contributed by atoms with Gasteiger partial charge in [-0.05, 0) is 31.1 Å². The zero-order chi connectivity index (χ0) is 10.0. The van der Waals surface area contributed by atoms with Crippen LogP contribution in [0.4, 0.5) is 0 Å². The average molecular weight is 216 g/mol. The molecule has 0 spiro atoms. The highest BCUT2D eigenvalue weighted by atomic mass is 32.2. The van der Waals surface area contributed by atoms with E-state index in [1.165, 1.54) is 11.8 Å². The SMILES string of the molecule is CSc1cc(O)c(O)c(SC)c1C. The van der Waals surface area contributed by atoms with Crippen molar-refractivity contribution in [3.05, 3.63) is 11.6 Å². The summed E-state index contributed by atoms with van der Waals surface area (Å²) in [5, 5.41) is 18.9. The molecule has 13 heavy (non-hydrogen) atoms. The fourth-order valence-electron chi connectivity index (χ4n) is 1.17. The molecule has 1 aromatic carbocycles. The van der Waals surface area contributed by atoms with Gasteiger partial charge in [-0.3, -0.25) is 0 Å². The van der Waals surface area contributed by atoms with Crippen molar-refractivity contribution in [1.29, 1.82) is 0 Å². The van der Waals surface area contributed by atoms with Crippen LogP contribution in [-0.4, -0.2) is 22.7 Å². The van der Waals surface area contributed by atoms with Crippen molar-refractivity contribution in [3.63, 3.8) is 0 Å². The first-order valence-corrected chi connectivity index (χ1v) is 6.20. The second-order valence-corrected chi connectivity index (χ2v) is 4.27. The first-order valence-electron chi connectivity index (χ1n) is 3.75. The van der Waals surface area contributed by atoms with Crippen LogP contribution in [0.25, 0.3) is 0 Å². The molecule has 0 aliphatic carbocycles. The Morgan fingerprint density at radius 1 is 1.15 bits per heavy atom. The Balaban J connectivity index is 3.39. The maximum absolute atomic E-state index is 9.52. The summed E-state index contributed by atoms with van der Waals surface area (Å²) in [4.78, 5) is 1.75. The van der Waals surface area contributed by atoms with Crippen LogP contribution in [0.1, 0.15) is 5.56 Å². The highest BCUT2D eigenvalue weighted by Crippen LogP contribution is 2.41. The second-order valence-electron chi connectivity index (χ2n) is 2.60. The summed E-state index contributed by atoms with van der Waals surface area (Å²) in [6.45, 7) is 1.94. The van der Waals surface area contributed by atoms with Gasteiger partial charge >= 0.3 is 0 Å². The van der Waals surface area contributed by atoms with Crippen molar-refractivity contribution in [2.45, 2.75) is 16.7 Å². The van der Waals surface area contributed by atoms with Crippen LogP contribution in [0.3, 0.4) is 0 Å². The number of aromatic hydroxyl groups is 2. The van der Waals surface area contributed by atoms with Gasteiger partial charge in [0.25, 0.3) is 0 Å². The van der Waals surface area contributed by atoms with Crippen molar-refractivity contribution >= 4 is 23.5 Å². The van der Waals surface area contributed by atoms with Crippen LogP contribution >= 0.6 is 23.5 Å². The third-order valence-corrected chi connectivity index (χ3v) is 3.63. The summed E-state index contributed by atoms with van der Waals surface area (Å²) in [6.07, 6.45) is 3.83. The molecule has 0 aliphatic rings. The maximum atomic E-state index is 9.52. The largest absolute Gasteiger partial charge is 0.504 e. The molecular formula is C9H12O2S2. The fraction of sp³-hybridized carbons (Fsp3) is 0.333. The summed E-state index contributed by atoms with van der Waals surface area (Å²) < 4.78 is 0. The monoisotopic (exact) mass is 216 g/mol. The Kier molecular flexibility index (Phi) is 3.39. The minimum absolute atomic E-state index is 0.0113. The number of hydrogen-bond donors (Lipinski definition) is 2. The van der Waals surface area contributed by atoms with Gasteiger partial charge < -0.3 is 10.2 Å². The van der Waals surface area contributed by atoms with Crippen LogP contribution in [0.15, 0.2) is 15.9 Å². The predicted molar refractivity (Wildman–Crippen MR) is 58.1 cm³/mol. The topological polar surface area (TPSA) is 40.5 Å². The molecule has 2 nitrogen and oxygen atoms in total. The normalized spacial score (nSPS) is 10.4. The summed E-state index contributed by atoms with van der Waals surface area (Å²) in [5.74, 6) is -0.0536. The second kappa shape index (κ2) is 4.15. The van der Waals surface area contributed by atoms with E-state index in [0.29, 0.717) is 0 Å². The molecule has 1 rings (SSSR count). The smallest absolute Gasteiger partial charge is 0.171 e. The molecule has 0 saturated carbocycles. The lowest BCUT2D eigenvalue weighted by molar-refractivity contribution is 0.392. The molecule has 0 aromatic heterocycles. The van der Waals surface area contributed by atoms with Crippen molar-refractivity contribution in [2.24, 2.45) is 0 Å². The van der Waals surface area contributed by atoms with E-state index in [9.17, 15) is 10.2 Å². The third-order valence-electron chi connectivity index (χ3n) is 1.86. The summed E-state index contributed by atoms with van der Waals surface area (Å²) in [7, 11) is 0. The minimum atomic E-state index is -0.0423. The standard InChI is InChI=1S/C9H12O2S2/c1-5-7(12-2)4-6(10)8(11)9(5)13-3/h4,10-11H,1-3H3. The summed E-state index contributed by atoms with van der Waals surface area (Å²) >= 11 is 3.01. The molecule has 0 radical (unpaired) electrons. The van der Waals surface area contributed by atoms with Crippen molar-refractivity contribution in [1.82, 2.24) is 0 Å². The summed E-state index contributed by atoms with van der Waals surface area (Å²) in [5.41, 5.74) is 1.02. The van der Waals surface area contributed by atoms with Gasteiger partial charge in [-0.25, -0.2) is 0 Å². The molecule has 72 valence electrons. The van der Waals surface area contributed by atoms with E-state index < -0.39 is 0 Å². The molecular weight excluding hydrogens is 204 g/mol. The molecule has 4 heteroatoms. The third kappa shape index (κ3) is 1.89. The van der Waals surface area contributed by atoms with Crippen LogP contribution in [0.5, 0.6) is 11.5 Å². The predicted octanol–water partition coefficient (Wildman–Crippen LogP) is 2.85. The summed E-state index contributed by atoms with van der Waals surface area (Å²) in [6, 6.07) is 1.59. The highest BCUT2D eigenvalue weighted by molar-refractivity contribution is 7.99. The van der Waals surface area contributed by atoms with Crippen molar-refractivity contribution in [3.8, 4) is 11.5 Å². The number of rotatable bonds is 2. The molecule has 0 aliphatic heterocycles. The van der Waals surface area contributed by atoms with Gasteiger partial charge in [0.05, 0.1) is 4.90 Å². The first kappa shape index (κ1) is 10.6. The van der Waals surface area contributed by atoms with E-state index >= 15 is 0 Å². The molecule has 0 saturated heterocycles. The molecule has 0 amide bonds. The lowest BCUT2D eigenvalue weighted by Crippen LogP contribution is -1.85. The molecule has 0 unspecified atom stereocenters. The van der Waals surface area contributed by atoms with Gasteiger partial charge in [-0.2, -0.15) is 0 Å². The van der Waals surface area contributed by atoms with Gasteiger partial charge in [0.2, 0.25) is 0 Å². The first-order chi connectivity index (χ1) is 6.11. The van der Waals surface area contributed by atoms with Gasteiger partial charge in [-0.1, -0.05) is 0 Å². The highest BCUT2D eigenvalue weighted by Gasteiger charge is 2.12. The van der Waals surface area contributed by atoms with E-state index in [2.05, 4.69) is 0 Å². The zero-order valence-corrected chi connectivity index (χ0v) is 9.42. The molecule has 0 bridgehead atoms. The molecule has 0 heterocycles. The fourth-order valence-corrected chi connectivity index (χ4v) is 2.58. The van der Waals surface area contributed by atoms with Crippen LogP contribution < -0.4 is 0 Å². The van der Waals surface area contributed by atoms with Crippen LogP contribution in [0, 0.1) is 6.92 Å². The maximum Gasteiger partial charge on any atom is 0.171 e. The van der Waals surface area contributed by atoms with Crippen LogP contribution in [0.2, 0.25) is 0 Å². The van der Waals surface area contributed by atoms with E-state index in [-0.39, 0.29) is 11.5 Å². The Morgan fingerprint density at radius 2 is 1.77 bits per heavy atom. The van der Waals surface area contributed by atoms with Crippen molar-refractivity contribution < 1.29 is 10.2 Å². The number of hydrogen-bond acceptors (Lipinski definition) is 4. The van der Waals surface area contributed by atoms with Gasteiger partial charge in [0, 0.05) is 4.90 Å². The minimum Gasteiger partial charge on any atom is -0.504 e. The Labute approximate surface area is 86.4 Å². The molecule has 0 atom stereocenters. The molecule has 2 N–H and O–H groups in total.